The molecular weight excluding hydrogens is 348 g/mol. The van der Waals surface area contributed by atoms with E-state index in [4.69, 9.17) is 0 Å². The maximum atomic E-state index is 13.2. The number of amides is 1. The van der Waals surface area contributed by atoms with E-state index in [1.165, 1.54) is 4.31 Å². The number of likely N-dealkylation sites (N-methyl/N-ethyl adjacent to an activating group) is 1. The monoisotopic (exact) mass is 370 g/mol. The Hall–Kier alpha value is -2.34. The second-order valence-electron chi connectivity index (χ2n) is 7.05. The number of rotatable bonds is 3. The molecule has 0 N–H and O–H groups in total. The van der Waals surface area contributed by atoms with Crippen LogP contribution in [0.1, 0.15) is 29.9 Å². The molecule has 2 aliphatic rings. The first kappa shape index (κ1) is 17.1. The Morgan fingerprint density at radius 3 is 2.46 bits per heavy atom. The summed E-state index contributed by atoms with van der Waals surface area (Å²) in [5, 5.41) is 0. The van der Waals surface area contributed by atoms with Gasteiger partial charge in [0.05, 0.1) is 10.6 Å². The predicted octanol–water partition coefficient (Wildman–Crippen LogP) is 2.77. The number of aryl methyl sites for hydroxylation is 1. The number of hydrogen-bond acceptors (Lipinski definition) is 3. The van der Waals surface area contributed by atoms with Gasteiger partial charge in [-0.2, -0.15) is 0 Å². The van der Waals surface area contributed by atoms with Crippen molar-refractivity contribution >= 4 is 21.6 Å². The van der Waals surface area contributed by atoms with Crippen molar-refractivity contribution in [2.24, 2.45) is 0 Å². The highest BCUT2D eigenvalue weighted by molar-refractivity contribution is 7.92. The molecule has 0 spiro atoms. The lowest BCUT2D eigenvalue weighted by Crippen LogP contribution is -2.35. The van der Waals surface area contributed by atoms with Crippen LogP contribution in [-0.4, -0.2) is 39.4 Å². The molecule has 5 nitrogen and oxygen atoms in total. The first-order valence-corrected chi connectivity index (χ1v) is 10.4. The van der Waals surface area contributed by atoms with Gasteiger partial charge in [0.2, 0.25) is 5.91 Å². The maximum Gasteiger partial charge on any atom is 0.264 e. The van der Waals surface area contributed by atoms with Crippen molar-refractivity contribution in [3.63, 3.8) is 0 Å². The van der Waals surface area contributed by atoms with E-state index in [9.17, 15) is 13.2 Å². The van der Waals surface area contributed by atoms with E-state index in [-0.39, 0.29) is 11.8 Å². The van der Waals surface area contributed by atoms with E-state index in [0.717, 1.165) is 29.7 Å². The van der Waals surface area contributed by atoms with Crippen molar-refractivity contribution in [3.05, 3.63) is 59.7 Å². The van der Waals surface area contributed by atoms with Gasteiger partial charge in [-0.1, -0.05) is 30.3 Å². The molecule has 2 aromatic carbocycles. The van der Waals surface area contributed by atoms with Gasteiger partial charge in [-0.3, -0.25) is 9.10 Å². The van der Waals surface area contributed by atoms with E-state index in [1.807, 2.05) is 36.4 Å². The van der Waals surface area contributed by atoms with E-state index in [1.54, 1.807) is 24.1 Å². The van der Waals surface area contributed by atoms with Gasteiger partial charge >= 0.3 is 0 Å². The first-order chi connectivity index (χ1) is 12.5. The van der Waals surface area contributed by atoms with Crippen LogP contribution in [0.2, 0.25) is 0 Å². The van der Waals surface area contributed by atoms with Gasteiger partial charge in [0.15, 0.2) is 0 Å². The Balaban J connectivity index is 1.62. The zero-order valence-electron chi connectivity index (χ0n) is 14.8. The summed E-state index contributed by atoms with van der Waals surface area (Å²) in [5.41, 5.74) is 2.87. The zero-order valence-corrected chi connectivity index (χ0v) is 15.6. The van der Waals surface area contributed by atoms with Crippen LogP contribution in [0.5, 0.6) is 0 Å². The largest absolute Gasteiger partial charge is 0.345 e. The number of fused-ring (bicyclic) bond motifs is 1. The van der Waals surface area contributed by atoms with Gasteiger partial charge in [0.1, 0.15) is 0 Å². The predicted molar refractivity (Wildman–Crippen MR) is 101 cm³/mol. The molecule has 6 heteroatoms. The number of benzene rings is 2. The molecule has 1 unspecified atom stereocenters. The molecule has 4 rings (SSSR count). The Morgan fingerprint density at radius 2 is 1.77 bits per heavy atom. The molecule has 1 amide bonds. The van der Waals surface area contributed by atoms with Crippen LogP contribution < -0.4 is 4.31 Å². The number of carbonyl (C=O) groups excluding carboxylic acids is 1. The quantitative estimate of drug-likeness (QED) is 0.835. The van der Waals surface area contributed by atoms with Crippen molar-refractivity contribution in [1.82, 2.24) is 4.90 Å². The summed E-state index contributed by atoms with van der Waals surface area (Å²) in [5.74, 6) is 0.275. The lowest BCUT2D eigenvalue weighted by Gasteiger charge is -2.30. The molecule has 1 saturated heterocycles. The van der Waals surface area contributed by atoms with E-state index < -0.39 is 10.0 Å². The SMILES string of the molecule is CN1CC(c2ccc(S(=O)(=O)N3CCCc4ccccc43)cc2)CC1=O. The smallest absolute Gasteiger partial charge is 0.264 e. The minimum absolute atomic E-state index is 0.136. The third kappa shape index (κ3) is 2.88. The first-order valence-electron chi connectivity index (χ1n) is 8.91. The van der Waals surface area contributed by atoms with Crippen molar-refractivity contribution in [2.45, 2.75) is 30.1 Å². The van der Waals surface area contributed by atoms with E-state index in [0.29, 0.717) is 24.4 Å². The Kier molecular flexibility index (Phi) is 4.23. The van der Waals surface area contributed by atoms with Crippen LogP contribution in [0.3, 0.4) is 0 Å². The molecule has 136 valence electrons. The summed E-state index contributed by atoms with van der Waals surface area (Å²) < 4.78 is 27.8. The summed E-state index contributed by atoms with van der Waals surface area (Å²) >= 11 is 0. The fourth-order valence-corrected chi connectivity index (χ4v) is 5.42. The number of nitrogens with zero attached hydrogens (tertiary/aromatic N) is 2. The van der Waals surface area contributed by atoms with Gasteiger partial charge in [0, 0.05) is 32.5 Å². The maximum absolute atomic E-state index is 13.2. The number of hydrogen-bond donors (Lipinski definition) is 0. The van der Waals surface area contributed by atoms with Crippen LogP contribution in [0.15, 0.2) is 53.4 Å². The molecule has 0 radical (unpaired) electrons. The van der Waals surface area contributed by atoms with Crippen LogP contribution in [-0.2, 0) is 21.2 Å². The molecule has 26 heavy (non-hydrogen) atoms. The van der Waals surface area contributed by atoms with Crippen molar-refractivity contribution < 1.29 is 13.2 Å². The van der Waals surface area contributed by atoms with Gasteiger partial charge in [-0.25, -0.2) is 8.42 Å². The number of likely N-dealkylation sites (tertiary alicyclic amines) is 1. The minimum atomic E-state index is -3.58. The second kappa shape index (κ2) is 6.43. The molecule has 0 bridgehead atoms. The standard InChI is InChI=1S/C20H22N2O3S/c1-21-14-17(13-20(21)23)15-8-10-18(11-9-15)26(24,25)22-12-4-6-16-5-2-3-7-19(16)22/h2-3,5,7-11,17H,4,6,12-14H2,1H3. The average molecular weight is 370 g/mol. The van der Waals surface area contributed by atoms with Gasteiger partial charge in [-0.05, 0) is 42.2 Å². The highest BCUT2D eigenvalue weighted by Crippen LogP contribution is 2.33. The topological polar surface area (TPSA) is 57.7 Å². The molecule has 0 saturated carbocycles. The Morgan fingerprint density at radius 1 is 1.04 bits per heavy atom. The third-order valence-electron chi connectivity index (χ3n) is 5.35. The van der Waals surface area contributed by atoms with E-state index in [2.05, 4.69) is 0 Å². The molecule has 0 aliphatic carbocycles. The summed E-state index contributed by atoms with van der Waals surface area (Å²) in [7, 11) is -1.78. The lowest BCUT2D eigenvalue weighted by atomic mass is 9.98. The zero-order chi connectivity index (χ0) is 18.3. The van der Waals surface area contributed by atoms with Crippen molar-refractivity contribution in [2.75, 3.05) is 24.4 Å². The molecule has 2 aromatic rings. The average Bonchev–Trinajstić information content (AvgIpc) is 3.00. The Labute approximate surface area is 154 Å². The van der Waals surface area contributed by atoms with E-state index >= 15 is 0 Å². The highest BCUT2D eigenvalue weighted by Gasteiger charge is 2.30. The van der Waals surface area contributed by atoms with Gasteiger partial charge in [-0.15, -0.1) is 0 Å². The normalized spacial score (nSPS) is 20.3. The molecule has 0 aromatic heterocycles. The van der Waals surface area contributed by atoms with Crippen LogP contribution in [0.4, 0.5) is 5.69 Å². The summed E-state index contributed by atoms with van der Waals surface area (Å²) in [6, 6.07) is 14.7. The molecule has 2 heterocycles. The summed E-state index contributed by atoms with van der Waals surface area (Å²) in [4.78, 5) is 13.8. The summed E-state index contributed by atoms with van der Waals surface area (Å²) in [6.07, 6.45) is 2.22. The number of anilines is 1. The Bertz CT molecular complexity index is 938. The fraction of sp³-hybridized carbons (Fsp3) is 0.350. The lowest BCUT2D eigenvalue weighted by molar-refractivity contribution is -0.126. The third-order valence-corrected chi connectivity index (χ3v) is 7.18. The molecular formula is C20H22N2O3S. The van der Waals surface area contributed by atoms with Crippen LogP contribution >= 0.6 is 0 Å². The summed E-state index contributed by atoms with van der Waals surface area (Å²) in [6.45, 7) is 1.19. The van der Waals surface area contributed by atoms with Crippen LogP contribution in [0.25, 0.3) is 0 Å². The molecule has 1 fully saturated rings. The molecule has 2 aliphatic heterocycles. The highest BCUT2D eigenvalue weighted by atomic mass is 32.2. The molecule has 1 atom stereocenters. The fourth-order valence-electron chi connectivity index (χ4n) is 3.87. The number of para-hydroxylation sites is 1. The van der Waals surface area contributed by atoms with Crippen molar-refractivity contribution in [1.29, 1.82) is 0 Å². The van der Waals surface area contributed by atoms with Gasteiger partial charge < -0.3 is 4.90 Å². The second-order valence-corrected chi connectivity index (χ2v) is 8.92. The van der Waals surface area contributed by atoms with Crippen molar-refractivity contribution in [3.8, 4) is 0 Å². The number of carbonyl (C=O) groups is 1. The van der Waals surface area contributed by atoms with Gasteiger partial charge in [0.25, 0.3) is 10.0 Å². The van der Waals surface area contributed by atoms with Crippen LogP contribution in [0, 0.1) is 0 Å². The number of sulfonamides is 1. The minimum Gasteiger partial charge on any atom is -0.345 e.